The van der Waals surface area contributed by atoms with E-state index in [9.17, 15) is 19.5 Å². The van der Waals surface area contributed by atoms with Crippen molar-refractivity contribution in [2.24, 2.45) is 5.92 Å². The number of nitrogens with one attached hydrogen (secondary N) is 2. The highest BCUT2D eigenvalue weighted by Gasteiger charge is 2.25. The van der Waals surface area contributed by atoms with Gasteiger partial charge in [0.1, 0.15) is 19.0 Å². The summed E-state index contributed by atoms with van der Waals surface area (Å²) in [7, 11) is 0. The normalized spacial score (nSPS) is 18.6. The highest BCUT2D eigenvalue weighted by atomic mass is 16.5. The van der Waals surface area contributed by atoms with Gasteiger partial charge in [0.25, 0.3) is 0 Å². The quantitative estimate of drug-likeness (QED) is 0.206. The molecule has 0 radical (unpaired) electrons. The number of allylic oxidation sites excluding steroid dienone is 2. The minimum atomic E-state index is -0.618. The Bertz CT molecular complexity index is 1360. The topological polar surface area (TPSA) is 114 Å². The van der Waals surface area contributed by atoms with Gasteiger partial charge in [-0.2, -0.15) is 0 Å². The number of amides is 2. The molecular formula is C37H44N2O6. The second-order valence-corrected chi connectivity index (χ2v) is 11.5. The van der Waals surface area contributed by atoms with Crippen molar-refractivity contribution in [2.45, 2.75) is 70.1 Å². The summed E-state index contributed by atoms with van der Waals surface area (Å²) in [5, 5.41) is 15.8. The van der Waals surface area contributed by atoms with Crippen molar-refractivity contribution in [1.82, 2.24) is 10.6 Å². The van der Waals surface area contributed by atoms with Gasteiger partial charge in [0.2, 0.25) is 11.8 Å². The molecule has 0 saturated heterocycles. The van der Waals surface area contributed by atoms with Gasteiger partial charge in [0.15, 0.2) is 0 Å². The van der Waals surface area contributed by atoms with Gasteiger partial charge < -0.3 is 25.2 Å². The predicted octanol–water partition coefficient (Wildman–Crippen LogP) is 5.08. The third-order valence-corrected chi connectivity index (χ3v) is 7.75. The lowest BCUT2D eigenvalue weighted by molar-refractivity contribution is -0.145. The molecule has 0 saturated carbocycles. The molecule has 8 heteroatoms. The van der Waals surface area contributed by atoms with Crippen LogP contribution < -0.4 is 15.4 Å². The van der Waals surface area contributed by atoms with Crippen LogP contribution in [0.3, 0.4) is 0 Å². The molecule has 1 aliphatic rings. The fourth-order valence-electron chi connectivity index (χ4n) is 5.25. The molecule has 2 amide bonds. The maximum absolute atomic E-state index is 13.6. The fourth-order valence-corrected chi connectivity index (χ4v) is 5.25. The van der Waals surface area contributed by atoms with Crippen LogP contribution >= 0.6 is 0 Å². The second-order valence-electron chi connectivity index (χ2n) is 11.5. The zero-order chi connectivity index (χ0) is 31.7. The first-order chi connectivity index (χ1) is 22.0. The first kappa shape index (κ1) is 33.5. The van der Waals surface area contributed by atoms with Crippen molar-refractivity contribution >= 4 is 17.8 Å². The highest BCUT2D eigenvalue weighted by molar-refractivity contribution is 5.86. The number of cyclic esters (lactones) is 1. The zero-order valence-electron chi connectivity index (χ0n) is 25.7. The number of hydrogen-bond donors (Lipinski definition) is 3. The Morgan fingerprint density at radius 3 is 2.33 bits per heavy atom. The average molecular weight is 613 g/mol. The second kappa shape index (κ2) is 18.4. The lowest BCUT2D eigenvalue weighted by atomic mass is 9.97. The molecule has 0 bridgehead atoms. The van der Waals surface area contributed by atoms with Crippen LogP contribution in [-0.4, -0.2) is 48.2 Å². The van der Waals surface area contributed by atoms with Crippen LogP contribution in [-0.2, 0) is 38.6 Å². The molecule has 3 aromatic rings. The smallest absolute Gasteiger partial charge is 0.305 e. The van der Waals surface area contributed by atoms with Gasteiger partial charge in [-0.15, -0.1) is 0 Å². The molecule has 1 aliphatic heterocycles. The van der Waals surface area contributed by atoms with E-state index in [0.717, 1.165) is 41.7 Å². The molecular weight excluding hydrogens is 568 g/mol. The standard InChI is InChI=1S/C37H44N2O6/c40-25-32(22-28-12-6-4-7-13-28)38-35(41)24-31-16-10-2-1-3-11-17-36(42)45-27-33(39-37(31)43)23-29-18-20-34(21-19-29)44-26-30-14-8-5-9-15-30/h2,4-10,12-15,18-21,31-33,40H,1,3,11,16-17,22-27H2,(H,38,41)(H,39,43). The lowest BCUT2D eigenvalue weighted by Gasteiger charge is -2.23. The Kier molecular flexibility index (Phi) is 13.7. The Morgan fingerprint density at radius 1 is 0.911 bits per heavy atom. The van der Waals surface area contributed by atoms with Crippen LogP contribution in [0.15, 0.2) is 97.1 Å². The van der Waals surface area contributed by atoms with E-state index in [1.807, 2.05) is 97.1 Å². The number of ether oxygens (including phenoxy) is 2. The number of carbonyl (C=O) groups excluding carboxylic acids is 3. The summed E-state index contributed by atoms with van der Waals surface area (Å²) in [5.74, 6) is -0.750. The van der Waals surface area contributed by atoms with Gasteiger partial charge in [0.05, 0.1) is 24.6 Å². The molecule has 4 rings (SSSR count). The van der Waals surface area contributed by atoms with Crippen molar-refractivity contribution in [3.8, 4) is 5.75 Å². The van der Waals surface area contributed by atoms with Gasteiger partial charge in [0, 0.05) is 12.8 Å². The van der Waals surface area contributed by atoms with Crippen LogP contribution in [0.2, 0.25) is 0 Å². The number of rotatable bonds is 11. The van der Waals surface area contributed by atoms with Crippen LogP contribution in [0, 0.1) is 5.92 Å². The summed E-state index contributed by atoms with van der Waals surface area (Å²) in [6, 6.07) is 26.3. The minimum absolute atomic E-state index is 0.0264. The van der Waals surface area contributed by atoms with E-state index in [2.05, 4.69) is 10.6 Å². The van der Waals surface area contributed by atoms with Crippen molar-refractivity contribution in [1.29, 1.82) is 0 Å². The van der Waals surface area contributed by atoms with E-state index in [0.29, 0.717) is 32.3 Å². The number of benzene rings is 3. The molecule has 3 unspecified atom stereocenters. The van der Waals surface area contributed by atoms with E-state index < -0.39 is 18.0 Å². The van der Waals surface area contributed by atoms with Gasteiger partial charge in [-0.1, -0.05) is 84.9 Å². The number of aliphatic hydroxyl groups excluding tert-OH is 1. The summed E-state index contributed by atoms with van der Waals surface area (Å²) in [6.07, 6.45) is 7.93. The van der Waals surface area contributed by atoms with Crippen molar-refractivity contribution < 1.29 is 29.0 Å². The maximum Gasteiger partial charge on any atom is 0.305 e. The Hall–Kier alpha value is -4.43. The summed E-state index contributed by atoms with van der Waals surface area (Å²) >= 11 is 0. The third kappa shape index (κ3) is 12.2. The Labute approximate surface area is 265 Å². The van der Waals surface area contributed by atoms with Crippen LogP contribution in [0.25, 0.3) is 0 Å². The molecule has 3 N–H and O–H groups in total. The molecule has 3 aromatic carbocycles. The first-order valence-electron chi connectivity index (χ1n) is 15.8. The van der Waals surface area contributed by atoms with Crippen molar-refractivity contribution in [2.75, 3.05) is 13.2 Å². The van der Waals surface area contributed by atoms with Crippen molar-refractivity contribution in [3.63, 3.8) is 0 Å². The van der Waals surface area contributed by atoms with Gasteiger partial charge in [-0.3, -0.25) is 14.4 Å². The van der Waals surface area contributed by atoms with E-state index in [4.69, 9.17) is 9.47 Å². The van der Waals surface area contributed by atoms with E-state index in [1.54, 1.807) is 0 Å². The van der Waals surface area contributed by atoms with E-state index >= 15 is 0 Å². The first-order valence-corrected chi connectivity index (χ1v) is 15.8. The largest absolute Gasteiger partial charge is 0.489 e. The van der Waals surface area contributed by atoms with Gasteiger partial charge >= 0.3 is 5.97 Å². The Balaban J connectivity index is 1.40. The molecule has 0 spiro atoms. The Morgan fingerprint density at radius 2 is 1.62 bits per heavy atom. The van der Waals surface area contributed by atoms with Crippen molar-refractivity contribution in [3.05, 3.63) is 114 Å². The SMILES string of the molecule is O=C(CC1CC=CCCCCC(=O)OCC(Cc2ccc(OCc3ccccc3)cc2)NC1=O)NC(CO)Cc1ccccc1. The average Bonchev–Trinajstić information content (AvgIpc) is 3.06. The fraction of sp³-hybridized carbons (Fsp3) is 0.378. The number of carbonyl (C=O) groups is 3. The molecule has 0 fully saturated rings. The molecule has 0 aliphatic carbocycles. The van der Waals surface area contributed by atoms with Gasteiger partial charge in [-0.25, -0.2) is 0 Å². The maximum atomic E-state index is 13.6. The van der Waals surface area contributed by atoms with Crippen LogP contribution in [0.1, 0.15) is 55.2 Å². The third-order valence-electron chi connectivity index (χ3n) is 7.75. The molecule has 238 valence electrons. The van der Waals surface area contributed by atoms with E-state index in [1.165, 1.54) is 0 Å². The number of aliphatic hydroxyl groups is 1. The van der Waals surface area contributed by atoms with Crippen LogP contribution in [0.4, 0.5) is 0 Å². The summed E-state index contributed by atoms with van der Waals surface area (Å²) in [6.45, 7) is 0.291. The molecule has 0 aromatic heterocycles. The molecule has 8 nitrogen and oxygen atoms in total. The van der Waals surface area contributed by atoms with Crippen LogP contribution in [0.5, 0.6) is 5.75 Å². The van der Waals surface area contributed by atoms with E-state index in [-0.39, 0.29) is 37.4 Å². The molecule has 1 heterocycles. The van der Waals surface area contributed by atoms with Gasteiger partial charge in [-0.05, 0) is 67.3 Å². The summed E-state index contributed by atoms with van der Waals surface area (Å²) < 4.78 is 11.5. The summed E-state index contributed by atoms with van der Waals surface area (Å²) in [5.41, 5.74) is 3.03. The number of esters is 1. The predicted molar refractivity (Wildman–Crippen MR) is 173 cm³/mol. The summed E-state index contributed by atoms with van der Waals surface area (Å²) in [4.78, 5) is 39.1. The number of hydrogen-bond acceptors (Lipinski definition) is 6. The molecule has 3 atom stereocenters. The monoisotopic (exact) mass is 612 g/mol. The lowest BCUT2D eigenvalue weighted by Crippen LogP contribution is -2.45. The zero-order valence-corrected chi connectivity index (χ0v) is 25.7. The minimum Gasteiger partial charge on any atom is -0.489 e. The molecule has 45 heavy (non-hydrogen) atoms. The highest BCUT2D eigenvalue weighted by Crippen LogP contribution is 2.18.